The van der Waals surface area contributed by atoms with Crippen molar-refractivity contribution < 1.29 is 50.5 Å². The van der Waals surface area contributed by atoms with Crippen LogP contribution in [0.2, 0.25) is 0 Å². The SMILES string of the molecule is COC[C@H](C)N(C(=O)C1CCC(C)CC1)c1cc(F)c(Oc2ncc(CN3CCCC(F)(F)C3)cc2C(F)(F)F)cc1C(=O)O. The zero-order chi connectivity index (χ0) is 33.1. The second kappa shape index (κ2) is 13.9. The molecule has 0 bridgehead atoms. The largest absolute Gasteiger partial charge is 0.478 e. The minimum Gasteiger partial charge on any atom is -0.478 e. The normalized spacial score (nSPS) is 21.3. The number of alkyl halides is 5. The van der Waals surface area contributed by atoms with Crippen LogP contribution in [0.4, 0.5) is 32.0 Å². The van der Waals surface area contributed by atoms with Crippen molar-refractivity contribution in [3.8, 4) is 11.6 Å². The molecule has 1 aliphatic carbocycles. The number of nitrogens with zero attached hydrogens (tertiary/aromatic N) is 3. The van der Waals surface area contributed by atoms with Gasteiger partial charge in [0, 0.05) is 44.3 Å². The van der Waals surface area contributed by atoms with Gasteiger partial charge in [-0.15, -0.1) is 0 Å². The maximum absolute atomic E-state index is 15.6. The van der Waals surface area contributed by atoms with E-state index in [4.69, 9.17) is 9.47 Å². The number of methoxy groups -OCH3 is 1. The molecule has 1 aromatic heterocycles. The summed E-state index contributed by atoms with van der Waals surface area (Å²) in [5.74, 6) is -8.02. The fraction of sp³-hybridized carbons (Fsp3) is 0.581. The second-order valence-corrected chi connectivity index (χ2v) is 12.0. The Kier molecular flexibility index (Phi) is 10.7. The molecule has 0 spiro atoms. The molecule has 1 saturated heterocycles. The molecular weight excluding hydrogens is 608 g/mol. The Labute approximate surface area is 257 Å². The standard InChI is InChI=1S/C31H37F6N3O5/c1-18-5-7-21(8-6-18)28(41)40(19(2)16-44-3)25-13-24(32)26(12-22(25)29(42)43)45-27-23(31(35,36)37)11-20(14-38-27)15-39-10-4-9-30(33,34)17-39/h11-14,18-19,21H,4-10,15-17H2,1-3H3,(H,42,43)/t18?,19-,21?/m0/s1. The van der Waals surface area contributed by atoms with Crippen molar-refractivity contribution in [1.29, 1.82) is 0 Å². The molecule has 2 fully saturated rings. The molecule has 1 aliphatic heterocycles. The van der Waals surface area contributed by atoms with Gasteiger partial charge in [-0.3, -0.25) is 9.69 Å². The van der Waals surface area contributed by atoms with E-state index in [0.29, 0.717) is 24.8 Å². The van der Waals surface area contributed by atoms with Crippen LogP contribution < -0.4 is 9.64 Å². The number of aromatic carboxylic acids is 1. The maximum atomic E-state index is 15.6. The molecule has 1 amide bonds. The van der Waals surface area contributed by atoms with E-state index in [1.54, 1.807) is 6.92 Å². The van der Waals surface area contributed by atoms with Gasteiger partial charge in [-0.25, -0.2) is 22.9 Å². The van der Waals surface area contributed by atoms with Gasteiger partial charge >= 0.3 is 12.1 Å². The summed E-state index contributed by atoms with van der Waals surface area (Å²) in [7, 11) is 1.40. The van der Waals surface area contributed by atoms with Crippen molar-refractivity contribution in [2.45, 2.75) is 77.1 Å². The Balaban J connectivity index is 1.68. The number of rotatable bonds is 10. The second-order valence-electron chi connectivity index (χ2n) is 12.0. The zero-order valence-electron chi connectivity index (χ0n) is 25.3. The number of likely N-dealkylation sites (tertiary alicyclic amines) is 1. The third kappa shape index (κ3) is 8.46. The van der Waals surface area contributed by atoms with Crippen molar-refractivity contribution >= 4 is 17.6 Å². The summed E-state index contributed by atoms with van der Waals surface area (Å²) >= 11 is 0. The molecule has 0 radical (unpaired) electrons. The molecule has 1 saturated carbocycles. The first-order valence-electron chi connectivity index (χ1n) is 14.8. The van der Waals surface area contributed by atoms with Crippen LogP contribution in [0.5, 0.6) is 11.6 Å². The number of benzene rings is 1. The molecule has 248 valence electrons. The number of ether oxygens (including phenoxy) is 2. The van der Waals surface area contributed by atoms with Crippen LogP contribution in [-0.4, -0.2) is 65.6 Å². The van der Waals surface area contributed by atoms with Gasteiger partial charge in [-0.05, 0) is 63.1 Å². The van der Waals surface area contributed by atoms with Crippen molar-refractivity contribution in [3.63, 3.8) is 0 Å². The summed E-state index contributed by atoms with van der Waals surface area (Å²) in [6.45, 7) is 3.14. The Hall–Kier alpha value is -3.39. The van der Waals surface area contributed by atoms with Crippen molar-refractivity contribution in [1.82, 2.24) is 9.88 Å². The summed E-state index contributed by atoms with van der Waals surface area (Å²) in [6, 6.07) is 1.47. The summed E-state index contributed by atoms with van der Waals surface area (Å²) in [5.41, 5.74) is -2.24. The van der Waals surface area contributed by atoms with Crippen LogP contribution in [0, 0.1) is 17.7 Å². The average Bonchev–Trinajstić information content (AvgIpc) is 2.94. The van der Waals surface area contributed by atoms with Gasteiger partial charge in [0.05, 0.1) is 30.4 Å². The molecule has 2 aromatic rings. The molecular formula is C31H37F6N3O5. The third-order valence-corrected chi connectivity index (χ3v) is 8.29. The highest BCUT2D eigenvalue weighted by Gasteiger charge is 2.39. The van der Waals surface area contributed by atoms with E-state index in [0.717, 1.165) is 31.2 Å². The number of piperidine rings is 1. The van der Waals surface area contributed by atoms with Crippen LogP contribution in [-0.2, 0) is 22.3 Å². The van der Waals surface area contributed by atoms with Gasteiger partial charge in [-0.1, -0.05) is 6.92 Å². The minimum atomic E-state index is -5.02. The molecule has 0 unspecified atom stereocenters. The maximum Gasteiger partial charge on any atom is 0.421 e. The lowest BCUT2D eigenvalue weighted by molar-refractivity contribution is -0.139. The van der Waals surface area contributed by atoms with E-state index in [-0.39, 0.29) is 43.8 Å². The number of amides is 1. The zero-order valence-corrected chi connectivity index (χ0v) is 25.3. The van der Waals surface area contributed by atoms with Crippen molar-refractivity contribution in [3.05, 3.63) is 46.9 Å². The van der Waals surface area contributed by atoms with E-state index >= 15 is 4.39 Å². The number of carboxylic acids is 1. The van der Waals surface area contributed by atoms with Gasteiger partial charge in [0.25, 0.3) is 5.92 Å². The van der Waals surface area contributed by atoms with Gasteiger partial charge in [0.2, 0.25) is 11.8 Å². The number of carbonyl (C=O) groups excluding carboxylic acids is 1. The Morgan fingerprint density at radius 2 is 1.87 bits per heavy atom. The molecule has 4 rings (SSSR count). The van der Waals surface area contributed by atoms with E-state index in [9.17, 15) is 36.6 Å². The summed E-state index contributed by atoms with van der Waals surface area (Å²) < 4.78 is 95.8. The van der Waals surface area contributed by atoms with Crippen LogP contribution >= 0.6 is 0 Å². The number of carboxylic acid groups (broad SMARTS) is 1. The van der Waals surface area contributed by atoms with Crippen LogP contribution in [0.15, 0.2) is 24.4 Å². The molecule has 14 heteroatoms. The Morgan fingerprint density at radius 1 is 1.18 bits per heavy atom. The van der Waals surface area contributed by atoms with Gasteiger partial charge in [-0.2, -0.15) is 13.2 Å². The molecule has 45 heavy (non-hydrogen) atoms. The Morgan fingerprint density at radius 3 is 2.47 bits per heavy atom. The quantitative estimate of drug-likeness (QED) is 0.274. The highest BCUT2D eigenvalue weighted by Crippen LogP contribution is 2.40. The summed E-state index contributed by atoms with van der Waals surface area (Å²) in [6.07, 6.45) is -1.38. The van der Waals surface area contributed by atoms with Gasteiger partial charge in [0.15, 0.2) is 11.6 Å². The van der Waals surface area contributed by atoms with Gasteiger partial charge < -0.3 is 19.5 Å². The number of anilines is 1. The first-order valence-corrected chi connectivity index (χ1v) is 14.8. The lowest BCUT2D eigenvalue weighted by Crippen LogP contribution is -2.46. The predicted molar refractivity (Wildman–Crippen MR) is 152 cm³/mol. The van der Waals surface area contributed by atoms with E-state index in [1.165, 1.54) is 16.9 Å². The van der Waals surface area contributed by atoms with Gasteiger partial charge in [0.1, 0.15) is 5.56 Å². The number of halogens is 6. The average molecular weight is 646 g/mol. The molecule has 2 aliphatic rings. The first-order chi connectivity index (χ1) is 21.1. The Bertz CT molecular complexity index is 1380. The number of carbonyl (C=O) groups is 2. The first kappa shape index (κ1) is 34.5. The smallest absolute Gasteiger partial charge is 0.421 e. The predicted octanol–water partition coefficient (Wildman–Crippen LogP) is 7.16. The highest BCUT2D eigenvalue weighted by atomic mass is 19.4. The monoisotopic (exact) mass is 645 g/mol. The van der Waals surface area contributed by atoms with E-state index < -0.39 is 71.1 Å². The third-order valence-electron chi connectivity index (χ3n) is 8.29. The summed E-state index contributed by atoms with van der Waals surface area (Å²) in [4.78, 5) is 32.3. The van der Waals surface area contributed by atoms with E-state index in [1.807, 2.05) is 0 Å². The number of hydrogen-bond acceptors (Lipinski definition) is 6. The fourth-order valence-corrected chi connectivity index (χ4v) is 5.99. The highest BCUT2D eigenvalue weighted by molar-refractivity contribution is 6.03. The number of aromatic nitrogens is 1. The van der Waals surface area contributed by atoms with Crippen LogP contribution in [0.1, 0.15) is 73.9 Å². The van der Waals surface area contributed by atoms with Crippen LogP contribution in [0.25, 0.3) is 0 Å². The van der Waals surface area contributed by atoms with Crippen molar-refractivity contribution in [2.75, 3.05) is 31.7 Å². The number of pyridine rings is 1. The topological polar surface area (TPSA) is 92.2 Å². The molecule has 8 nitrogen and oxygen atoms in total. The van der Waals surface area contributed by atoms with E-state index in [2.05, 4.69) is 11.9 Å². The number of hydrogen-bond donors (Lipinski definition) is 1. The molecule has 1 aromatic carbocycles. The lowest BCUT2D eigenvalue weighted by atomic mass is 9.82. The fourth-order valence-electron chi connectivity index (χ4n) is 5.99. The van der Waals surface area contributed by atoms with Crippen LogP contribution in [0.3, 0.4) is 0 Å². The van der Waals surface area contributed by atoms with Crippen molar-refractivity contribution in [2.24, 2.45) is 11.8 Å². The summed E-state index contributed by atoms with van der Waals surface area (Å²) in [5, 5.41) is 10.0. The lowest BCUT2D eigenvalue weighted by Gasteiger charge is -2.35. The molecule has 1 atom stereocenters. The molecule has 1 N–H and O–H groups in total. The molecule has 2 heterocycles. The minimum absolute atomic E-state index is 0.00666.